The Morgan fingerprint density at radius 3 is 1.86 bits per heavy atom. The molecule has 0 atom stereocenters. The minimum absolute atomic E-state index is 0.138. The van der Waals surface area contributed by atoms with Gasteiger partial charge in [0.25, 0.3) is 0 Å². The summed E-state index contributed by atoms with van der Waals surface area (Å²) in [4.78, 5) is 14.3. The third-order valence-electron chi connectivity index (χ3n) is 7.68. The monoisotopic (exact) mass is 559 g/mol. The highest BCUT2D eigenvalue weighted by atomic mass is 35.5. The fraction of sp³-hybridized carbons (Fsp3) is 0. The van der Waals surface area contributed by atoms with Crippen LogP contribution in [0.5, 0.6) is 0 Å². The molecule has 0 radical (unpaired) electrons. The first-order valence-electron chi connectivity index (χ1n) is 13.7. The van der Waals surface area contributed by atoms with Crippen LogP contribution in [0.1, 0.15) is 0 Å². The summed E-state index contributed by atoms with van der Waals surface area (Å²) in [5.41, 5.74) is 7.45. The summed E-state index contributed by atoms with van der Waals surface area (Å²) in [6.45, 7) is 0. The van der Waals surface area contributed by atoms with E-state index in [9.17, 15) is 0 Å². The zero-order chi connectivity index (χ0) is 28.0. The molecular weight excluding hydrogens is 538 g/mol. The third-order valence-corrected chi connectivity index (χ3v) is 7.85. The summed E-state index contributed by atoms with van der Waals surface area (Å²) in [5, 5.41) is 4.53. The molecule has 42 heavy (non-hydrogen) atoms. The second-order valence-electron chi connectivity index (χ2n) is 10.2. The van der Waals surface area contributed by atoms with Gasteiger partial charge in [-0.3, -0.25) is 0 Å². The van der Waals surface area contributed by atoms with E-state index in [-0.39, 0.29) is 5.28 Å². The third kappa shape index (κ3) is 4.12. The fourth-order valence-corrected chi connectivity index (χ4v) is 5.91. The van der Waals surface area contributed by atoms with Crippen molar-refractivity contribution in [2.75, 3.05) is 0 Å². The van der Waals surface area contributed by atoms with Gasteiger partial charge < -0.3 is 4.42 Å². The van der Waals surface area contributed by atoms with Crippen molar-refractivity contribution in [2.24, 2.45) is 0 Å². The number of hydrogen-bond acceptors (Lipinski definition) is 4. The maximum Gasteiger partial charge on any atom is 0.226 e. The molecule has 0 amide bonds. The molecule has 0 aliphatic carbocycles. The molecule has 0 unspecified atom stereocenters. The molecular formula is C37H22ClN3O. The molecule has 2 aromatic heterocycles. The van der Waals surface area contributed by atoms with Crippen molar-refractivity contribution in [1.82, 2.24) is 15.0 Å². The predicted octanol–water partition coefficient (Wildman–Crippen LogP) is 10.2. The van der Waals surface area contributed by atoms with E-state index in [2.05, 4.69) is 76.7 Å². The van der Waals surface area contributed by atoms with E-state index in [1.807, 2.05) is 66.7 Å². The maximum atomic E-state index is 6.63. The molecule has 2 heterocycles. The number of nitrogens with zero attached hydrogens (tertiary/aromatic N) is 3. The summed E-state index contributed by atoms with van der Waals surface area (Å²) in [7, 11) is 0. The van der Waals surface area contributed by atoms with E-state index in [4.69, 9.17) is 21.0 Å². The smallest absolute Gasteiger partial charge is 0.226 e. The van der Waals surface area contributed by atoms with E-state index < -0.39 is 0 Å². The zero-order valence-corrected chi connectivity index (χ0v) is 23.1. The summed E-state index contributed by atoms with van der Waals surface area (Å²) < 4.78 is 6.37. The van der Waals surface area contributed by atoms with Crippen LogP contribution in [0.3, 0.4) is 0 Å². The summed E-state index contributed by atoms with van der Waals surface area (Å²) >= 11 is 6.63. The molecule has 8 rings (SSSR count). The summed E-state index contributed by atoms with van der Waals surface area (Å²) in [6, 6.07) is 45.3. The average molecular weight is 560 g/mol. The van der Waals surface area contributed by atoms with Crippen molar-refractivity contribution in [2.45, 2.75) is 0 Å². The summed E-state index contributed by atoms with van der Waals surface area (Å²) in [5.74, 6) is 1.02. The molecule has 0 bridgehead atoms. The molecule has 0 saturated heterocycles. The lowest BCUT2D eigenvalue weighted by Crippen LogP contribution is -2.00. The normalized spacial score (nSPS) is 11.5. The lowest BCUT2D eigenvalue weighted by atomic mass is 9.95. The highest BCUT2D eigenvalue weighted by Crippen LogP contribution is 2.40. The molecule has 4 nitrogen and oxygen atoms in total. The Labute approximate surface area is 246 Å². The van der Waals surface area contributed by atoms with E-state index in [1.54, 1.807) is 0 Å². The minimum atomic E-state index is 0.138. The molecule has 8 aromatic rings. The highest BCUT2D eigenvalue weighted by Gasteiger charge is 2.19. The van der Waals surface area contributed by atoms with Gasteiger partial charge >= 0.3 is 0 Å². The Morgan fingerprint density at radius 1 is 0.452 bits per heavy atom. The molecule has 0 aliphatic heterocycles. The number of furan rings is 1. The largest absolute Gasteiger partial charge is 0.455 e. The molecule has 6 aromatic carbocycles. The average Bonchev–Trinajstić information content (AvgIpc) is 3.43. The number of halogens is 1. The number of para-hydroxylation sites is 2. The van der Waals surface area contributed by atoms with Gasteiger partial charge in [0, 0.05) is 27.5 Å². The van der Waals surface area contributed by atoms with Crippen molar-refractivity contribution < 1.29 is 4.42 Å². The highest BCUT2D eigenvalue weighted by molar-refractivity contribution is 6.28. The summed E-state index contributed by atoms with van der Waals surface area (Å²) in [6.07, 6.45) is 0. The van der Waals surface area contributed by atoms with E-state index in [1.165, 1.54) is 0 Å². The first kappa shape index (κ1) is 24.5. The van der Waals surface area contributed by atoms with Gasteiger partial charge in [-0.15, -0.1) is 0 Å². The van der Waals surface area contributed by atoms with Crippen molar-refractivity contribution in [3.63, 3.8) is 0 Å². The maximum absolute atomic E-state index is 6.63. The molecule has 0 saturated carbocycles. The van der Waals surface area contributed by atoms with E-state index >= 15 is 0 Å². The predicted molar refractivity (Wildman–Crippen MR) is 171 cm³/mol. The molecule has 5 heteroatoms. The van der Waals surface area contributed by atoms with Crippen LogP contribution in [0.25, 0.3) is 77.7 Å². The van der Waals surface area contributed by atoms with Gasteiger partial charge in [0.1, 0.15) is 11.2 Å². The van der Waals surface area contributed by atoms with Crippen LogP contribution >= 0.6 is 11.6 Å². The second kappa shape index (κ2) is 9.95. The Kier molecular flexibility index (Phi) is 5.80. The topological polar surface area (TPSA) is 51.8 Å². The lowest BCUT2D eigenvalue weighted by molar-refractivity contribution is 0.670. The van der Waals surface area contributed by atoms with Gasteiger partial charge in [-0.1, -0.05) is 115 Å². The second-order valence-corrected chi connectivity index (χ2v) is 10.5. The van der Waals surface area contributed by atoms with Crippen molar-refractivity contribution in [3.05, 3.63) is 139 Å². The standard InChI is InChI=1S/C37H22ClN3O/c38-37-40-35(30-17-7-6-15-26(30)28-18-10-19-29-27-16-8-9-20-33(27)42-34(28)29)39-36(41-37)32-22-25-14-5-4-13-24(25)21-31(32)23-11-2-1-3-12-23/h1-22H. The Hall–Kier alpha value is -5.32. The van der Waals surface area contributed by atoms with Crippen LogP contribution in [0.15, 0.2) is 138 Å². The lowest BCUT2D eigenvalue weighted by Gasteiger charge is -2.14. The molecule has 0 fully saturated rings. The van der Waals surface area contributed by atoms with Crippen molar-refractivity contribution in [3.8, 4) is 45.0 Å². The number of benzene rings is 6. The van der Waals surface area contributed by atoms with Crippen LogP contribution in [-0.4, -0.2) is 15.0 Å². The van der Waals surface area contributed by atoms with Crippen LogP contribution in [0.2, 0.25) is 5.28 Å². The first-order chi connectivity index (χ1) is 20.7. The van der Waals surface area contributed by atoms with Gasteiger partial charge in [0.15, 0.2) is 11.6 Å². The van der Waals surface area contributed by atoms with Crippen LogP contribution in [0.4, 0.5) is 0 Å². The van der Waals surface area contributed by atoms with E-state index in [0.717, 1.165) is 66.1 Å². The number of rotatable bonds is 4. The number of aromatic nitrogens is 3. The first-order valence-corrected chi connectivity index (χ1v) is 14.1. The molecule has 0 aliphatic rings. The van der Waals surface area contributed by atoms with Gasteiger partial charge in [-0.05, 0) is 57.3 Å². The molecule has 198 valence electrons. The quantitative estimate of drug-likeness (QED) is 0.215. The van der Waals surface area contributed by atoms with Gasteiger partial charge in [-0.25, -0.2) is 4.98 Å². The SMILES string of the molecule is Clc1nc(-c2cc3ccccc3cc2-c2ccccc2)nc(-c2ccccc2-c2cccc3c2oc2ccccc23)n1. The Bertz CT molecular complexity index is 2270. The fourth-order valence-electron chi connectivity index (χ4n) is 5.75. The van der Waals surface area contributed by atoms with E-state index in [0.29, 0.717) is 11.6 Å². The minimum Gasteiger partial charge on any atom is -0.455 e. The van der Waals surface area contributed by atoms with Gasteiger partial charge in [0.05, 0.1) is 0 Å². The van der Waals surface area contributed by atoms with Crippen LogP contribution in [-0.2, 0) is 0 Å². The van der Waals surface area contributed by atoms with Crippen LogP contribution in [0, 0.1) is 0 Å². The zero-order valence-electron chi connectivity index (χ0n) is 22.3. The van der Waals surface area contributed by atoms with Gasteiger partial charge in [0.2, 0.25) is 5.28 Å². The number of hydrogen-bond donors (Lipinski definition) is 0. The van der Waals surface area contributed by atoms with Crippen molar-refractivity contribution in [1.29, 1.82) is 0 Å². The molecule has 0 N–H and O–H groups in total. The Morgan fingerprint density at radius 2 is 1.05 bits per heavy atom. The Balaban J connectivity index is 1.34. The van der Waals surface area contributed by atoms with Gasteiger partial charge in [-0.2, -0.15) is 9.97 Å². The molecule has 0 spiro atoms. The van der Waals surface area contributed by atoms with Crippen LogP contribution < -0.4 is 0 Å². The van der Waals surface area contributed by atoms with Crippen molar-refractivity contribution >= 4 is 44.3 Å². The number of fused-ring (bicyclic) bond motifs is 4.